The summed E-state index contributed by atoms with van der Waals surface area (Å²) in [6.07, 6.45) is 1.67. The van der Waals surface area contributed by atoms with Crippen molar-refractivity contribution in [3.8, 4) is 0 Å². The van der Waals surface area contributed by atoms with E-state index >= 15 is 0 Å². The van der Waals surface area contributed by atoms with Crippen LogP contribution >= 0.6 is 11.8 Å². The number of hydrogen-bond donors (Lipinski definition) is 1. The van der Waals surface area contributed by atoms with Gasteiger partial charge in [-0.3, -0.25) is 9.00 Å². The molecule has 2 aromatic rings. The van der Waals surface area contributed by atoms with E-state index in [1.54, 1.807) is 6.26 Å². The number of rotatable bonds is 6. The van der Waals surface area contributed by atoms with Gasteiger partial charge >= 0.3 is 5.97 Å². The Kier molecular flexibility index (Phi) is 5.05. The van der Waals surface area contributed by atoms with Crippen LogP contribution in [0.5, 0.6) is 0 Å². The van der Waals surface area contributed by atoms with E-state index in [1.807, 2.05) is 36.6 Å². The Morgan fingerprint density at radius 1 is 1.52 bits per heavy atom. The average Bonchev–Trinajstić information content (AvgIpc) is 2.75. The summed E-state index contributed by atoms with van der Waals surface area (Å²) in [5.74, 6) is -0.397. The van der Waals surface area contributed by atoms with Gasteiger partial charge in [0.05, 0.1) is 16.8 Å². The molecular weight excluding hydrogens is 308 g/mol. The van der Waals surface area contributed by atoms with Crippen molar-refractivity contribution < 1.29 is 14.1 Å². The molecule has 1 heterocycles. The summed E-state index contributed by atoms with van der Waals surface area (Å²) in [4.78, 5) is 15.4. The fraction of sp³-hybridized carbons (Fsp3) is 0.429. The third-order valence-electron chi connectivity index (χ3n) is 3.13. The van der Waals surface area contributed by atoms with Crippen molar-refractivity contribution in [2.45, 2.75) is 25.0 Å². The molecule has 21 heavy (non-hydrogen) atoms. The minimum absolute atomic E-state index is 0.000992. The molecule has 0 saturated carbocycles. The summed E-state index contributed by atoms with van der Waals surface area (Å²) < 4.78 is 13.5. The first-order valence-electron chi connectivity index (χ1n) is 6.52. The molecular formula is C14H18N2O3S2. The van der Waals surface area contributed by atoms with Gasteiger partial charge in [-0.1, -0.05) is 23.9 Å². The van der Waals surface area contributed by atoms with Crippen LogP contribution in [0, 0.1) is 6.92 Å². The van der Waals surface area contributed by atoms with Crippen LogP contribution in [0.4, 0.5) is 0 Å². The van der Waals surface area contributed by atoms with Gasteiger partial charge in [0.25, 0.3) is 0 Å². The lowest BCUT2D eigenvalue weighted by Gasteiger charge is -2.16. The van der Waals surface area contributed by atoms with Gasteiger partial charge in [0, 0.05) is 28.9 Å². The maximum Gasteiger partial charge on any atom is 0.313 e. The van der Waals surface area contributed by atoms with Crippen molar-refractivity contribution in [3.63, 3.8) is 0 Å². The normalized spacial score (nSPS) is 14.2. The molecule has 1 N–H and O–H groups in total. The predicted molar refractivity (Wildman–Crippen MR) is 86.5 cm³/mol. The fourth-order valence-electron chi connectivity index (χ4n) is 2.30. The summed E-state index contributed by atoms with van der Waals surface area (Å²) in [5, 5.41) is 9.54. The molecule has 0 aliphatic carbocycles. The Balaban J connectivity index is 2.51. The van der Waals surface area contributed by atoms with Crippen LogP contribution in [0.1, 0.15) is 18.5 Å². The molecule has 0 aliphatic heterocycles. The molecule has 0 saturated heterocycles. The van der Waals surface area contributed by atoms with Gasteiger partial charge in [0.1, 0.15) is 0 Å². The monoisotopic (exact) mass is 326 g/mol. The minimum atomic E-state index is -0.924. The minimum Gasteiger partial charge on any atom is -0.481 e. The summed E-state index contributed by atoms with van der Waals surface area (Å²) in [6, 6.07) is 5.90. The molecule has 0 amide bonds. The lowest BCUT2D eigenvalue weighted by Crippen LogP contribution is -2.14. The van der Waals surface area contributed by atoms with E-state index in [-0.39, 0.29) is 11.8 Å². The third-order valence-corrected chi connectivity index (χ3v) is 5.02. The standard InChI is InChI=1S/C14H18N2O3S2/c1-9-5-4-6-11-13(9)15-14(20-7-12(17)18)16(11)10(2)8-21(3)19/h4-6,10H,7-8H2,1-3H3,(H,17,18). The van der Waals surface area contributed by atoms with E-state index in [0.29, 0.717) is 10.9 Å². The van der Waals surface area contributed by atoms with E-state index in [0.717, 1.165) is 16.6 Å². The molecule has 2 atom stereocenters. The number of carbonyl (C=O) groups is 1. The number of benzene rings is 1. The molecule has 0 fully saturated rings. The molecule has 0 aliphatic rings. The number of hydrogen-bond acceptors (Lipinski definition) is 4. The highest BCUT2D eigenvalue weighted by molar-refractivity contribution is 7.99. The number of thioether (sulfide) groups is 1. The number of fused-ring (bicyclic) bond motifs is 1. The number of carboxylic acids is 1. The summed E-state index contributed by atoms with van der Waals surface area (Å²) in [5.41, 5.74) is 2.88. The molecule has 2 rings (SSSR count). The first-order chi connectivity index (χ1) is 9.90. The molecule has 5 nitrogen and oxygen atoms in total. The van der Waals surface area contributed by atoms with Gasteiger partial charge in [0.15, 0.2) is 5.16 Å². The molecule has 0 radical (unpaired) electrons. The number of para-hydroxylation sites is 1. The fourth-order valence-corrected chi connectivity index (χ4v) is 3.96. The quantitative estimate of drug-likeness (QED) is 0.826. The van der Waals surface area contributed by atoms with E-state index < -0.39 is 16.8 Å². The summed E-state index contributed by atoms with van der Waals surface area (Å²) in [7, 11) is -0.924. The molecule has 2 unspecified atom stereocenters. The van der Waals surface area contributed by atoms with Crippen LogP contribution in [0.3, 0.4) is 0 Å². The number of imidazole rings is 1. The van der Waals surface area contributed by atoms with Crippen molar-refractivity contribution in [2.24, 2.45) is 0 Å². The van der Waals surface area contributed by atoms with Crippen molar-refractivity contribution in [1.29, 1.82) is 0 Å². The van der Waals surface area contributed by atoms with Crippen LogP contribution in [0.2, 0.25) is 0 Å². The van der Waals surface area contributed by atoms with Gasteiger partial charge in [-0.25, -0.2) is 4.98 Å². The van der Waals surface area contributed by atoms with Crippen LogP contribution in [0.15, 0.2) is 23.4 Å². The van der Waals surface area contributed by atoms with Crippen LogP contribution in [-0.2, 0) is 15.6 Å². The number of aryl methyl sites for hydroxylation is 1. The van der Waals surface area contributed by atoms with Gasteiger partial charge in [-0.15, -0.1) is 0 Å². The Morgan fingerprint density at radius 2 is 2.24 bits per heavy atom. The SMILES string of the molecule is Cc1cccc2c1nc(SCC(=O)O)n2C(C)CS(C)=O. The van der Waals surface area contributed by atoms with Crippen LogP contribution in [0.25, 0.3) is 11.0 Å². The first kappa shape index (κ1) is 16.0. The zero-order valence-corrected chi connectivity index (χ0v) is 13.8. The molecule has 0 bridgehead atoms. The number of carboxylic acid groups (broad SMARTS) is 1. The van der Waals surface area contributed by atoms with Crippen molar-refractivity contribution >= 4 is 39.6 Å². The van der Waals surface area contributed by atoms with Crippen LogP contribution in [-0.4, -0.2) is 42.6 Å². The third kappa shape index (κ3) is 3.65. The molecule has 114 valence electrons. The Labute approximate surface area is 130 Å². The highest BCUT2D eigenvalue weighted by Crippen LogP contribution is 2.29. The zero-order valence-electron chi connectivity index (χ0n) is 12.2. The van der Waals surface area contributed by atoms with Gasteiger partial charge in [0.2, 0.25) is 0 Å². The van der Waals surface area contributed by atoms with E-state index in [1.165, 1.54) is 11.8 Å². The molecule has 7 heteroatoms. The zero-order chi connectivity index (χ0) is 15.6. The second-order valence-electron chi connectivity index (χ2n) is 4.98. The van der Waals surface area contributed by atoms with E-state index in [4.69, 9.17) is 5.11 Å². The predicted octanol–water partition coefficient (Wildman–Crippen LogP) is 2.46. The van der Waals surface area contributed by atoms with Crippen molar-refractivity contribution in [3.05, 3.63) is 23.8 Å². The van der Waals surface area contributed by atoms with E-state index in [2.05, 4.69) is 4.98 Å². The van der Waals surface area contributed by atoms with Crippen molar-refractivity contribution in [1.82, 2.24) is 9.55 Å². The number of aliphatic carboxylic acids is 1. The summed E-state index contributed by atoms with van der Waals surface area (Å²) >= 11 is 1.20. The second kappa shape index (κ2) is 6.62. The molecule has 1 aromatic heterocycles. The Hall–Kier alpha value is -1.34. The first-order valence-corrected chi connectivity index (χ1v) is 9.23. The highest BCUT2D eigenvalue weighted by Gasteiger charge is 2.18. The number of nitrogens with zero attached hydrogens (tertiary/aromatic N) is 2. The lowest BCUT2D eigenvalue weighted by atomic mass is 10.2. The summed E-state index contributed by atoms with van der Waals surface area (Å²) in [6.45, 7) is 3.96. The smallest absolute Gasteiger partial charge is 0.313 e. The maximum absolute atomic E-state index is 11.5. The average molecular weight is 326 g/mol. The number of aromatic nitrogens is 2. The molecule has 0 spiro atoms. The van der Waals surface area contributed by atoms with Gasteiger partial charge in [-0.2, -0.15) is 0 Å². The van der Waals surface area contributed by atoms with Crippen LogP contribution < -0.4 is 0 Å². The second-order valence-corrected chi connectivity index (χ2v) is 7.40. The van der Waals surface area contributed by atoms with E-state index in [9.17, 15) is 9.00 Å². The molecule has 1 aromatic carbocycles. The topological polar surface area (TPSA) is 72.2 Å². The highest BCUT2D eigenvalue weighted by atomic mass is 32.2. The Morgan fingerprint density at radius 3 is 2.86 bits per heavy atom. The van der Waals surface area contributed by atoms with Gasteiger partial charge in [-0.05, 0) is 25.5 Å². The Bertz CT molecular complexity index is 697. The van der Waals surface area contributed by atoms with Crippen molar-refractivity contribution in [2.75, 3.05) is 17.8 Å². The lowest BCUT2D eigenvalue weighted by molar-refractivity contribution is -0.133. The van der Waals surface area contributed by atoms with Gasteiger partial charge < -0.3 is 9.67 Å². The maximum atomic E-state index is 11.5. The largest absolute Gasteiger partial charge is 0.481 e.